The number of fused-ring (bicyclic) bond motifs is 1. The Morgan fingerprint density at radius 2 is 1.92 bits per heavy atom. The van der Waals surface area contributed by atoms with Crippen molar-refractivity contribution in [3.8, 4) is 0 Å². The van der Waals surface area contributed by atoms with Crippen LogP contribution in [0, 0.1) is 5.82 Å². The highest BCUT2D eigenvalue weighted by atomic mass is 19.1. The summed E-state index contributed by atoms with van der Waals surface area (Å²) in [6.45, 7) is 0.843. The van der Waals surface area contributed by atoms with E-state index >= 15 is 0 Å². The molecule has 2 aromatic rings. The second-order valence-corrected chi connectivity index (χ2v) is 5.79. The van der Waals surface area contributed by atoms with Crippen LogP contribution < -0.4 is 10.2 Å². The van der Waals surface area contributed by atoms with Crippen LogP contribution in [0.25, 0.3) is 0 Å². The van der Waals surface area contributed by atoms with Gasteiger partial charge < -0.3 is 10.2 Å². The molecule has 0 atom stereocenters. The minimum absolute atomic E-state index is 0.102. The molecule has 1 heterocycles. The first kappa shape index (κ1) is 16.2. The average Bonchev–Trinajstić information content (AvgIpc) is 2.61. The number of amides is 2. The summed E-state index contributed by atoms with van der Waals surface area (Å²) < 4.78 is 13.5. The van der Waals surface area contributed by atoms with Crippen molar-refractivity contribution in [3.63, 3.8) is 0 Å². The standard InChI is InChI=1S/C19H19FN2O2/c20-16-9-8-14-7-4-12-22(17(14)13-16)18(23)10-11-21-19(24)15-5-2-1-3-6-15/h1-3,5-6,8-9,13H,4,7,10-12H2,(H,21,24). The van der Waals surface area contributed by atoms with Crippen molar-refractivity contribution in [2.75, 3.05) is 18.0 Å². The highest BCUT2D eigenvalue weighted by Crippen LogP contribution is 2.28. The quantitative estimate of drug-likeness (QED) is 0.939. The van der Waals surface area contributed by atoms with Gasteiger partial charge in [0.15, 0.2) is 0 Å². The molecule has 0 radical (unpaired) electrons. The molecular formula is C19H19FN2O2. The summed E-state index contributed by atoms with van der Waals surface area (Å²) in [5, 5.41) is 2.74. The molecule has 0 aromatic heterocycles. The van der Waals surface area contributed by atoms with E-state index in [0.29, 0.717) is 17.8 Å². The molecule has 0 saturated carbocycles. The number of nitrogens with zero attached hydrogens (tertiary/aromatic N) is 1. The summed E-state index contributed by atoms with van der Waals surface area (Å²) in [5.41, 5.74) is 2.21. The second kappa shape index (κ2) is 7.25. The maximum atomic E-state index is 13.5. The lowest BCUT2D eigenvalue weighted by Crippen LogP contribution is -2.37. The van der Waals surface area contributed by atoms with Crippen molar-refractivity contribution in [1.82, 2.24) is 5.32 Å². The van der Waals surface area contributed by atoms with E-state index in [4.69, 9.17) is 0 Å². The molecule has 1 aliphatic heterocycles. The maximum absolute atomic E-state index is 13.5. The largest absolute Gasteiger partial charge is 0.352 e. The number of carbonyl (C=O) groups is 2. The molecule has 2 aromatic carbocycles. The lowest BCUT2D eigenvalue weighted by Gasteiger charge is -2.29. The number of benzene rings is 2. The van der Waals surface area contributed by atoms with Gasteiger partial charge in [-0.3, -0.25) is 9.59 Å². The molecule has 3 rings (SSSR count). The Labute approximate surface area is 140 Å². The summed E-state index contributed by atoms with van der Waals surface area (Å²) in [4.78, 5) is 26.0. The van der Waals surface area contributed by atoms with E-state index < -0.39 is 0 Å². The van der Waals surface area contributed by atoms with E-state index in [1.807, 2.05) is 6.07 Å². The van der Waals surface area contributed by atoms with Gasteiger partial charge in [-0.05, 0) is 42.7 Å². The lowest BCUT2D eigenvalue weighted by molar-refractivity contribution is -0.118. The number of aryl methyl sites for hydroxylation is 1. The van der Waals surface area contributed by atoms with E-state index in [0.717, 1.165) is 18.4 Å². The molecule has 2 amide bonds. The Kier molecular flexibility index (Phi) is 4.89. The van der Waals surface area contributed by atoms with Gasteiger partial charge in [0.1, 0.15) is 5.82 Å². The molecule has 5 heteroatoms. The van der Waals surface area contributed by atoms with Crippen LogP contribution in [-0.4, -0.2) is 24.9 Å². The lowest BCUT2D eigenvalue weighted by atomic mass is 10.0. The highest BCUT2D eigenvalue weighted by Gasteiger charge is 2.22. The van der Waals surface area contributed by atoms with E-state index in [-0.39, 0.29) is 30.6 Å². The van der Waals surface area contributed by atoms with Gasteiger partial charge in [-0.15, -0.1) is 0 Å². The topological polar surface area (TPSA) is 49.4 Å². The fourth-order valence-electron chi connectivity index (χ4n) is 2.92. The third-order valence-corrected chi connectivity index (χ3v) is 4.13. The molecule has 0 spiro atoms. The van der Waals surface area contributed by atoms with Gasteiger partial charge in [-0.25, -0.2) is 4.39 Å². The molecule has 1 aliphatic rings. The number of carbonyl (C=O) groups excluding carboxylic acids is 2. The van der Waals surface area contributed by atoms with Crippen LogP contribution in [0.1, 0.15) is 28.8 Å². The molecular weight excluding hydrogens is 307 g/mol. The van der Waals surface area contributed by atoms with Crippen LogP contribution in [0.2, 0.25) is 0 Å². The molecule has 0 fully saturated rings. The average molecular weight is 326 g/mol. The van der Waals surface area contributed by atoms with Gasteiger partial charge in [0.2, 0.25) is 5.91 Å². The summed E-state index contributed by atoms with van der Waals surface area (Å²) in [5.74, 6) is -0.644. The molecule has 124 valence electrons. The normalized spacial score (nSPS) is 13.3. The predicted molar refractivity (Wildman–Crippen MR) is 90.5 cm³/mol. The second-order valence-electron chi connectivity index (χ2n) is 5.79. The van der Waals surface area contributed by atoms with Crippen LogP contribution in [0.3, 0.4) is 0 Å². The fourth-order valence-corrected chi connectivity index (χ4v) is 2.92. The highest BCUT2D eigenvalue weighted by molar-refractivity contribution is 5.96. The Bertz CT molecular complexity index is 746. The van der Waals surface area contributed by atoms with Gasteiger partial charge >= 0.3 is 0 Å². The molecule has 0 unspecified atom stereocenters. The van der Waals surface area contributed by atoms with Crippen LogP contribution in [-0.2, 0) is 11.2 Å². The molecule has 4 nitrogen and oxygen atoms in total. The van der Waals surface area contributed by atoms with Crippen LogP contribution >= 0.6 is 0 Å². The van der Waals surface area contributed by atoms with Crippen molar-refractivity contribution < 1.29 is 14.0 Å². The van der Waals surface area contributed by atoms with Crippen molar-refractivity contribution >= 4 is 17.5 Å². The summed E-state index contributed by atoms with van der Waals surface area (Å²) in [6, 6.07) is 13.4. The summed E-state index contributed by atoms with van der Waals surface area (Å²) in [6.07, 6.45) is 1.90. The number of halogens is 1. The van der Waals surface area contributed by atoms with Crippen molar-refractivity contribution in [2.45, 2.75) is 19.3 Å². The molecule has 0 saturated heterocycles. The Balaban J connectivity index is 1.59. The van der Waals surface area contributed by atoms with E-state index in [2.05, 4.69) is 5.32 Å². The Hall–Kier alpha value is -2.69. The van der Waals surface area contributed by atoms with Crippen molar-refractivity contribution in [1.29, 1.82) is 0 Å². The molecule has 1 N–H and O–H groups in total. The van der Waals surface area contributed by atoms with Crippen LogP contribution in [0.15, 0.2) is 48.5 Å². The number of hydrogen-bond donors (Lipinski definition) is 1. The Morgan fingerprint density at radius 1 is 1.12 bits per heavy atom. The zero-order valence-electron chi connectivity index (χ0n) is 13.3. The Morgan fingerprint density at radius 3 is 2.71 bits per heavy atom. The predicted octanol–water partition coefficient (Wildman–Crippen LogP) is 2.93. The number of rotatable bonds is 4. The zero-order chi connectivity index (χ0) is 16.9. The van der Waals surface area contributed by atoms with Gasteiger partial charge in [0.25, 0.3) is 5.91 Å². The maximum Gasteiger partial charge on any atom is 0.251 e. The van der Waals surface area contributed by atoms with Crippen molar-refractivity contribution in [3.05, 3.63) is 65.5 Å². The zero-order valence-corrected chi connectivity index (χ0v) is 13.3. The third kappa shape index (κ3) is 3.62. The SMILES string of the molecule is O=C(NCCC(=O)N1CCCc2ccc(F)cc21)c1ccccc1. The minimum Gasteiger partial charge on any atom is -0.352 e. The first-order chi connectivity index (χ1) is 11.6. The molecule has 0 aliphatic carbocycles. The van der Waals surface area contributed by atoms with Crippen LogP contribution in [0.5, 0.6) is 0 Å². The van der Waals surface area contributed by atoms with E-state index in [1.165, 1.54) is 12.1 Å². The smallest absolute Gasteiger partial charge is 0.251 e. The monoisotopic (exact) mass is 326 g/mol. The summed E-state index contributed by atoms with van der Waals surface area (Å²) in [7, 11) is 0. The van der Waals surface area contributed by atoms with E-state index in [9.17, 15) is 14.0 Å². The van der Waals surface area contributed by atoms with Gasteiger partial charge in [0.05, 0.1) is 0 Å². The number of anilines is 1. The van der Waals surface area contributed by atoms with E-state index in [1.54, 1.807) is 35.2 Å². The summed E-state index contributed by atoms with van der Waals surface area (Å²) >= 11 is 0. The van der Waals surface area contributed by atoms with Crippen LogP contribution in [0.4, 0.5) is 10.1 Å². The van der Waals surface area contributed by atoms with Gasteiger partial charge in [-0.2, -0.15) is 0 Å². The fraction of sp³-hybridized carbons (Fsp3) is 0.263. The first-order valence-corrected chi connectivity index (χ1v) is 8.07. The first-order valence-electron chi connectivity index (χ1n) is 8.07. The van der Waals surface area contributed by atoms with Gasteiger partial charge in [0, 0.05) is 30.8 Å². The molecule has 24 heavy (non-hydrogen) atoms. The third-order valence-electron chi connectivity index (χ3n) is 4.13. The van der Waals surface area contributed by atoms with Crippen molar-refractivity contribution in [2.24, 2.45) is 0 Å². The molecule has 0 bridgehead atoms. The number of nitrogens with one attached hydrogen (secondary N) is 1. The van der Waals surface area contributed by atoms with Gasteiger partial charge in [-0.1, -0.05) is 24.3 Å². The minimum atomic E-state index is -0.342. The number of hydrogen-bond acceptors (Lipinski definition) is 2.